The molecule has 1 aliphatic heterocycles. The molecule has 0 bridgehead atoms. The number of aliphatic hydroxyl groups excluding tert-OH is 2. The van der Waals surface area contributed by atoms with Crippen LogP contribution in [0.2, 0.25) is 0 Å². The summed E-state index contributed by atoms with van der Waals surface area (Å²) in [5, 5.41) is 22.0. The minimum atomic E-state index is -1.35. The molecule has 0 amide bonds. The Hall–Kier alpha value is -2.26. The van der Waals surface area contributed by atoms with Gasteiger partial charge in [0, 0.05) is 13.3 Å². The van der Waals surface area contributed by atoms with Crippen LogP contribution in [0.5, 0.6) is 0 Å². The van der Waals surface area contributed by atoms with E-state index >= 15 is 0 Å². The number of ketones is 1. The molecule has 8 nitrogen and oxygen atoms in total. The van der Waals surface area contributed by atoms with Crippen molar-refractivity contribution in [3.63, 3.8) is 0 Å². The van der Waals surface area contributed by atoms with E-state index in [4.69, 9.17) is 25.5 Å². The average molecular weight is 524 g/mol. The zero-order chi connectivity index (χ0) is 27.0. The van der Waals surface area contributed by atoms with Gasteiger partial charge >= 0.3 is 5.97 Å². The third-order valence-corrected chi connectivity index (χ3v) is 6.89. The predicted molar refractivity (Wildman–Crippen MR) is 137 cm³/mol. The highest BCUT2D eigenvalue weighted by molar-refractivity contribution is 6.32. The molecule has 9 heteroatoms. The van der Waals surface area contributed by atoms with Gasteiger partial charge in [0.05, 0.1) is 47.7 Å². The number of aromatic nitrogens is 1. The molecule has 0 aliphatic carbocycles. The Labute approximate surface area is 218 Å². The van der Waals surface area contributed by atoms with Crippen LogP contribution in [0.4, 0.5) is 0 Å². The van der Waals surface area contributed by atoms with E-state index in [1.165, 1.54) is 6.26 Å². The van der Waals surface area contributed by atoms with Crippen LogP contribution in [-0.2, 0) is 19.1 Å². The fraction of sp³-hybridized carbons (Fsp3) is 0.593. The number of allylic oxidation sites excluding steroid dienone is 1. The van der Waals surface area contributed by atoms with Gasteiger partial charge in [-0.1, -0.05) is 43.2 Å². The van der Waals surface area contributed by atoms with E-state index in [9.17, 15) is 19.8 Å². The van der Waals surface area contributed by atoms with Crippen molar-refractivity contribution in [1.82, 2.24) is 4.98 Å². The maximum Gasteiger partial charge on any atom is 0.309 e. The second-order valence-electron chi connectivity index (χ2n) is 9.84. The van der Waals surface area contributed by atoms with Gasteiger partial charge in [-0.15, -0.1) is 6.58 Å². The van der Waals surface area contributed by atoms with E-state index < -0.39 is 48.1 Å². The van der Waals surface area contributed by atoms with Crippen molar-refractivity contribution < 1.29 is 33.7 Å². The molecule has 0 fully saturated rings. The molecule has 2 rings (SSSR count). The number of aryl methyl sites for hydroxylation is 1. The summed E-state index contributed by atoms with van der Waals surface area (Å²) in [4.78, 5) is 30.5. The quantitative estimate of drug-likeness (QED) is 0.436. The van der Waals surface area contributed by atoms with Gasteiger partial charge in [0.2, 0.25) is 0 Å². The number of Topliss-reactive ketones (excluding diaryl/α,β-unsaturated/α-hetero) is 1. The van der Waals surface area contributed by atoms with Crippen molar-refractivity contribution in [2.24, 2.45) is 11.3 Å². The molecule has 0 saturated heterocycles. The lowest BCUT2D eigenvalue weighted by Crippen LogP contribution is -2.48. The summed E-state index contributed by atoms with van der Waals surface area (Å²) < 4.78 is 16.7. The van der Waals surface area contributed by atoms with Crippen molar-refractivity contribution in [1.29, 1.82) is 0 Å². The number of nitrogens with zero attached hydrogens (tertiary/aromatic N) is 1. The Morgan fingerprint density at radius 1 is 1.31 bits per heavy atom. The second-order valence-corrected chi connectivity index (χ2v) is 10.3. The third-order valence-electron chi connectivity index (χ3n) is 6.54. The van der Waals surface area contributed by atoms with Crippen LogP contribution in [0.1, 0.15) is 65.0 Å². The van der Waals surface area contributed by atoms with Crippen molar-refractivity contribution in [2.45, 2.75) is 84.7 Å². The molecule has 2 heterocycles. The predicted octanol–water partition coefficient (Wildman–Crippen LogP) is 4.52. The Morgan fingerprint density at radius 2 is 2.00 bits per heavy atom. The van der Waals surface area contributed by atoms with Gasteiger partial charge in [0.1, 0.15) is 23.8 Å². The highest BCUT2D eigenvalue weighted by Gasteiger charge is 2.44. The first kappa shape index (κ1) is 30.0. The molecule has 0 radical (unpaired) electrons. The first-order chi connectivity index (χ1) is 16.9. The van der Waals surface area contributed by atoms with E-state index in [0.29, 0.717) is 31.0 Å². The molecule has 0 spiro atoms. The van der Waals surface area contributed by atoms with Crippen LogP contribution in [0.25, 0.3) is 6.08 Å². The van der Waals surface area contributed by atoms with Gasteiger partial charge in [0.25, 0.3) is 0 Å². The molecule has 1 aromatic rings. The topological polar surface area (TPSA) is 119 Å². The summed E-state index contributed by atoms with van der Waals surface area (Å²) in [5.74, 6) is -1.46. The molecule has 2 N–H and O–H groups in total. The fourth-order valence-electron chi connectivity index (χ4n) is 3.98. The highest BCUT2D eigenvalue weighted by atomic mass is 35.5. The highest BCUT2D eigenvalue weighted by Crippen LogP contribution is 2.33. The van der Waals surface area contributed by atoms with Gasteiger partial charge in [-0.05, 0) is 32.8 Å². The van der Waals surface area contributed by atoms with Gasteiger partial charge < -0.3 is 24.1 Å². The Bertz CT molecular complexity index is 981. The lowest BCUT2D eigenvalue weighted by molar-refractivity contribution is -0.155. The molecular formula is C27H38ClNO7. The van der Waals surface area contributed by atoms with E-state index in [-0.39, 0.29) is 17.2 Å². The van der Waals surface area contributed by atoms with Crippen LogP contribution < -0.4 is 0 Å². The molecular weight excluding hydrogens is 486 g/mol. The number of carbonyl (C=O) groups is 2. The van der Waals surface area contributed by atoms with Crippen LogP contribution in [-0.4, -0.2) is 58.0 Å². The number of rotatable bonds is 4. The van der Waals surface area contributed by atoms with E-state index in [1.807, 2.05) is 13.0 Å². The Balaban J connectivity index is 2.37. The van der Waals surface area contributed by atoms with Crippen molar-refractivity contribution >= 4 is 29.4 Å². The van der Waals surface area contributed by atoms with Crippen molar-refractivity contribution in [3.8, 4) is 0 Å². The monoisotopic (exact) mass is 523 g/mol. The summed E-state index contributed by atoms with van der Waals surface area (Å²) in [6.07, 6.45) is 3.24. The summed E-state index contributed by atoms with van der Waals surface area (Å²) >= 11 is 6.51. The fourth-order valence-corrected chi connectivity index (χ4v) is 4.23. The summed E-state index contributed by atoms with van der Waals surface area (Å²) in [5.41, 5.74) is 0.128. The minimum absolute atomic E-state index is 0.206. The number of esters is 1. The third kappa shape index (κ3) is 8.13. The number of hydrogen-bond acceptors (Lipinski definition) is 8. The van der Waals surface area contributed by atoms with Gasteiger partial charge in [0.15, 0.2) is 5.89 Å². The average Bonchev–Trinajstić information content (AvgIpc) is 3.22. The van der Waals surface area contributed by atoms with E-state index in [2.05, 4.69) is 11.6 Å². The maximum absolute atomic E-state index is 13.4. The molecule has 5 atom stereocenters. The van der Waals surface area contributed by atoms with Crippen molar-refractivity contribution in [2.75, 3.05) is 6.61 Å². The number of aliphatic hydroxyl groups is 2. The Kier molecular flexibility index (Phi) is 11.1. The normalized spacial score (nSPS) is 30.8. The largest absolute Gasteiger partial charge is 0.456 e. The zero-order valence-electron chi connectivity index (χ0n) is 21.7. The lowest BCUT2D eigenvalue weighted by atomic mass is 9.72. The molecule has 0 aromatic carbocycles. The zero-order valence-corrected chi connectivity index (χ0v) is 22.5. The minimum Gasteiger partial charge on any atom is -0.456 e. The summed E-state index contributed by atoms with van der Waals surface area (Å²) in [6, 6.07) is 0. The van der Waals surface area contributed by atoms with Crippen LogP contribution >= 0.6 is 11.6 Å². The summed E-state index contributed by atoms with van der Waals surface area (Å²) in [7, 11) is 0. The van der Waals surface area contributed by atoms with Crippen molar-refractivity contribution in [3.05, 3.63) is 47.2 Å². The number of oxazole rings is 1. The molecule has 1 aliphatic rings. The first-order valence-electron chi connectivity index (χ1n) is 12.1. The number of ether oxygens (including phenoxy) is 2. The molecule has 0 saturated carbocycles. The lowest BCUT2D eigenvalue weighted by Gasteiger charge is -2.35. The number of cyclic esters (lactones) is 1. The van der Waals surface area contributed by atoms with Crippen LogP contribution in [0, 0.1) is 18.3 Å². The van der Waals surface area contributed by atoms with Gasteiger partial charge in [-0.3, -0.25) is 9.59 Å². The van der Waals surface area contributed by atoms with Gasteiger partial charge in [-0.2, -0.15) is 0 Å². The number of carbonyl (C=O) groups excluding carboxylic acids is 2. The number of hydrogen-bond donors (Lipinski definition) is 2. The molecule has 0 unspecified atom stereocenters. The van der Waals surface area contributed by atoms with Crippen LogP contribution in [0.3, 0.4) is 0 Å². The SMILES string of the molecule is C=CC[C@H]1C(=O)C(C)(C)[C@@H](O)CC(=O)O[C@H](/C(Cl)=C/c2coc(C)n2)C/C=C(/C)CCO[C@H](C)[C@H]1O. The standard InChI is InChI=1S/C27H38ClNO7/c1-7-8-20-25(32)17(3)34-12-11-16(2)9-10-22(21(28)13-19-15-35-18(4)29-19)36-24(31)14-23(30)27(5,6)26(20)33/h7,9,13,15,17,20,22-23,25,30,32H,1,8,10-12,14H2,2-6H3/b16-9-,21-13-/t17-,20-,22+,23+,25-/m1/s1. The second kappa shape index (κ2) is 13.3. The first-order valence-corrected chi connectivity index (χ1v) is 12.5. The van der Waals surface area contributed by atoms with E-state index in [1.54, 1.807) is 39.8 Å². The summed E-state index contributed by atoms with van der Waals surface area (Å²) in [6.45, 7) is 12.5. The molecule has 200 valence electrons. The molecule has 36 heavy (non-hydrogen) atoms. The van der Waals surface area contributed by atoms with Crippen LogP contribution in [0.15, 0.2) is 40.0 Å². The van der Waals surface area contributed by atoms with Gasteiger partial charge in [-0.25, -0.2) is 4.98 Å². The number of halogens is 1. The maximum atomic E-state index is 13.4. The molecule has 1 aromatic heterocycles. The smallest absolute Gasteiger partial charge is 0.309 e. The Morgan fingerprint density at radius 3 is 2.61 bits per heavy atom. The van der Waals surface area contributed by atoms with E-state index in [0.717, 1.165) is 5.57 Å².